The molecule has 0 bridgehead atoms. The van der Waals surface area contributed by atoms with Gasteiger partial charge >= 0.3 is 0 Å². The van der Waals surface area contributed by atoms with E-state index in [1.54, 1.807) is 0 Å². The predicted octanol–water partition coefficient (Wildman–Crippen LogP) is 2.70. The molecule has 1 saturated heterocycles. The van der Waals surface area contributed by atoms with E-state index in [1.165, 1.54) is 18.4 Å². The molecule has 134 valence electrons. The highest BCUT2D eigenvalue weighted by molar-refractivity contribution is 5.78. The maximum atomic E-state index is 12.2. The fourth-order valence-electron chi connectivity index (χ4n) is 3.60. The van der Waals surface area contributed by atoms with Crippen molar-refractivity contribution in [1.82, 2.24) is 14.7 Å². The summed E-state index contributed by atoms with van der Waals surface area (Å²) in [4.78, 5) is 18.9. The number of hydrogen-bond acceptors (Lipinski definition) is 3. The van der Waals surface area contributed by atoms with E-state index in [-0.39, 0.29) is 5.91 Å². The van der Waals surface area contributed by atoms with Gasteiger partial charge in [0.05, 0.1) is 6.54 Å². The lowest BCUT2D eigenvalue weighted by molar-refractivity contribution is -0.132. The van der Waals surface area contributed by atoms with Gasteiger partial charge < -0.3 is 9.80 Å². The fourth-order valence-corrected chi connectivity index (χ4v) is 3.60. The van der Waals surface area contributed by atoms with Crippen molar-refractivity contribution in [3.63, 3.8) is 0 Å². The molecular weight excluding hydrogens is 298 g/mol. The first-order chi connectivity index (χ1) is 11.6. The van der Waals surface area contributed by atoms with Crippen LogP contribution in [0.1, 0.15) is 32.3 Å². The molecule has 0 spiro atoms. The molecule has 1 aliphatic heterocycles. The van der Waals surface area contributed by atoms with Crippen LogP contribution in [0.15, 0.2) is 30.3 Å². The summed E-state index contributed by atoms with van der Waals surface area (Å²) in [5, 5.41) is 0. The topological polar surface area (TPSA) is 26.8 Å². The van der Waals surface area contributed by atoms with Gasteiger partial charge in [-0.05, 0) is 58.3 Å². The van der Waals surface area contributed by atoms with E-state index >= 15 is 0 Å². The molecular formula is C20H33N3O. The molecule has 1 aromatic rings. The zero-order chi connectivity index (χ0) is 17.4. The summed E-state index contributed by atoms with van der Waals surface area (Å²) in [6, 6.07) is 10.7. The summed E-state index contributed by atoms with van der Waals surface area (Å²) in [6.45, 7) is 10.6. The van der Waals surface area contributed by atoms with Gasteiger partial charge in [-0.15, -0.1) is 0 Å². The number of amides is 1. The number of carbonyl (C=O) groups is 1. The number of carbonyl (C=O) groups excluding carboxylic acids is 1. The normalized spacial score (nSPS) is 16.5. The Morgan fingerprint density at radius 3 is 2.33 bits per heavy atom. The molecule has 0 atom stereocenters. The zero-order valence-electron chi connectivity index (χ0n) is 15.6. The van der Waals surface area contributed by atoms with Crippen molar-refractivity contribution >= 4 is 5.91 Å². The van der Waals surface area contributed by atoms with Gasteiger partial charge in [0, 0.05) is 26.2 Å². The van der Waals surface area contributed by atoms with Crippen molar-refractivity contribution in [2.75, 3.05) is 46.3 Å². The Balaban J connectivity index is 1.69. The van der Waals surface area contributed by atoms with E-state index in [0.717, 1.165) is 45.2 Å². The standard InChI is InChI=1S/C20H33N3O/c1-4-23(5-2)20(24)17-22-13-11-19(12-14-22)16-21(3)15-18-9-7-6-8-10-18/h6-10,19H,4-5,11-17H2,1-3H3. The van der Waals surface area contributed by atoms with Crippen LogP contribution in [0.25, 0.3) is 0 Å². The summed E-state index contributed by atoms with van der Waals surface area (Å²) in [7, 11) is 2.21. The van der Waals surface area contributed by atoms with E-state index < -0.39 is 0 Å². The Morgan fingerprint density at radius 2 is 1.75 bits per heavy atom. The second kappa shape index (κ2) is 9.80. The largest absolute Gasteiger partial charge is 0.342 e. The Kier molecular flexibility index (Phi) is 7.73. The maximum Gasteiger partial charge on any atom is 0.236 e. The molecule has 2 rings (SSSR count). The van der Waals surface area contributed by atoms with Crippen molar-refractivity contribution in [2.45, 2.75) is 33.2 Å². The van der Waals surface area contributed by atoms with Crippen LogP contribution in [-0.4, -0.2) is 66.9 Å². The lowest BCUT2D eigenvalue weighted by atomic mass is 9.96. The van der Waals surface area contributed by atoms with Crippen molar-refractivity contribution in [3.8, 4) is 0 Å². The SMILES string of the molecule is CCN(CC)C(=O)CN1CCC(CN(C)Cc2ccccc2)CC1. The average molecular weight is 332 g/mol. The minimum absolute atomic E-state index is 0.277. The quantitative estimate of drug-likeness (QED) is 0.733. The summed E-state index contributed by atoms with van der Waals surface area (Å²) in [6.07, 6.45) is 2.40. The number of likely N-dealkylation sites (tertiary alicyclic amines) is 1. The van der Waals surface area contributed by atoms with E-state index in [4.69, 9.17) is 0 Å². The molecule has 4 nitrogen and oxygen atoms in total. The molecule has 4 heteroatoms. The Morgan fingerprint density at radius 1 is 1.12 bits per heavy atom. The van der Waals surface area contributed by atoms with Gasteiger partial charge in [-0.2, -0.15) is 0 Å². The van der Waals surface area contributed by atoms with Crippen LogP contribution in [0.3, 0.4) is 0 Å². The number of benzene rings is 1. The first-order valence-electron chi connectivity index (χ1n) is 9.35. The first kappa shape index (κ1) is 18.9. The van der Waals surface area contributed by atoms with E-state index in [2.05, 4.69) is 61.0 Å². The molecule has 0 saturated carbocycles. The van der Waals surface area contributed by atoms with Gasteiger partial charge in [-0.3, -0.25) is 9.69 Å². The second-order valence-electron chi connectivity index (χ2n) is 6.97. The summed E-state index contributed by atoms with van der Waals surface area (Å²) in [5.74, 6) is 1.03. The number of piperidine rings is 1. The zero-order valence-corrected chi connectivity index (χ0v) is 15.6. The third kappa shape index (κ3) is 5.91. The summed E-state index contributed by atoms with van der Waals surface area (Å²) in [5.41, 5.74) is 1.38. The van der Waals surface area contributed by atoms with Gasteiger partial charge in [0.15, 0.2) is 0 Å². The molecule has 1 aliphatic rings. The third-order valence-corrected chi connectivity index (χ3v) is 5.05. The monoisotopic (exact) mass is 331 g/mol. The number of hydrogen-bond donors (Lipinski definition) is 0. The van der Waals surface area contributed by atoms with Gasteiger partial charge in [-0.25, -0.2) is 0 Å². The molecule has 0 unspecified atom stereocenters. The molecule has 0 N–H and O–H groups in total. The summed E-state index contributed by atoms with van der Waals surface area (Å²) >= 11 is 0. The minimum atomic E-state index is 0.277. The highest BCUT2D eigenvalue weighted by atomic mass is 16.2. The van der Waals surface area contributed by atoms with Crippen LogP contribution < -0.4 is 0 Å². The van der Waals surface area contributed by atoms with Crippen LogP contribution in [0.2, 0.25) is 0 Å². The van der Waals surface area contributed by atoms with Gasteiger partial charge in [0.25, 0.3) is 0 Å². The van der Waals surface area contributed by atoms with Crippen LogP contribution >= 0.6 is 0 Å². The van der Waals surface area contributed by atoms with Gasteiger partial charge in [-0.1, -0.05) is 30.3 Å². The summed E-state index contributed by atoms with van der Waals surface area (Å²) < 4.78 is 0. The molecule has 1 fully saturated rings. The van der Waals surface area contributed by atoms with E-state index in [1.807, 2.05) is 4.90 Å². The van der Waals surface area contributed by atoms with E-state index in [9.17, 15) is 4.79 Å². The highest BCUT2D eigenvalue weighted by Crippen LogP contribution is 2.19. The van der Waals surface area contributed by atoms with Crippen molar-refractivity contribution in [1.29, 1.82) is 0 Å². The lowest BCUT2D eigenvalue weighted by Crippen LogP contribution is -2.44. The molecule has 1 aromatic carbocycles. The lowest BCUT2D eigenvalue weighted by Gasteiger charge is -2.34. The molecule has 0 aromatic heterocycles. The molecule has 1 heterocycles. The minimum Gasteiger partial charge on any atom is -0.342 e. The first-order valence-corrected chi connectivity index (χ1v) is 9.35. The maximum absolute atomic E-state index is 12.2. The van der Waals surface area contributed by atoms with Crippen LogP contribution in [0.4, 0.5) is 0 Å². The highest BCUT2D eigenvalue weighted by Gasteiger charge is 2.23. The smallest absolute Gasteiger partial charge is 0.236 e. The Bertz CT molecular complexity index is 479. The molecule has 0 radical (unpaired) electrons. The number of likely N-dealkylation sites (N-methyl/N-ethyl adjacent to an activating group) is 1. The van der Waals surface area contributed by atoms with Crippen LogP contribution in [-0.2, 0) is 11.3 Å². The molecule has 0 aliphatic carbocycles. The van der Waals surface area contributed by atoms with Crippen molar-refractivity contribution in [3.05, 3.63) is 35.9 Å². The van der Waals surface area contributed by atoms with Gasteiger partial charge in [0.1, 0.15) is 0 Å². The van der Waals surface area contributed by atoms with Gasteiger partial charge in [0.2, 0.25) is 5.91 Å². The fraction of sp³-hybridized carbons (Fsp3) is 0.650. The molecule has 24 heavy (non-hydrogen) atoms. The Hall–Kier alpha value is -1.39. The number of nitrogens with zero attached hydrogens (tertiary/aromatic N) is 3. The predicted molar refractivity (Wildman–Crippen MR) is 99.9 cm³/mol. The van der Waals surface area contributed by atoms with Crippen molar-refractivity contribution in [2.24, 2.45) is 5.92 Å². The number of rotatable bonds is 8. The van der Waals surface area contributed by atoms with Crippen molar-refractivity contribution < 1.29 is 4.79 Å². The van der Waals surface area contributed by atoms with Crippen LogP contribution in [0, 0.1) is 5.92 Å². The third-order valence-electron chi connectivity index (χ3n) is 5.05. The average Bonchev–Trinajstić information content (AvgIpc) is 2.58. The Labute approximate surface area is 147 Å². The second-order valence-corrected chi connectivity index (χ2v) is 6.97. The van der Waals surface area contributed by atoms with E-state index in [0.29, 0.717) is 6.54 Å². The van der Waals surface area contributed by atoms with Crippen LogP contribution in [0.5, 0.6) is 0 Å². The molecule has 1 amide bonds.